The van der Waals surface area contributed by atoms with E-state index < -0.39 is 7.14 Å². The summed E-state index contributed by atoms with van der Waals surface area (Å²) in [5.41, 5.74) is 2.30. The first kappa shape index (κ1) is 33.1. The molecule has 0 unspecified atom stereocenters. The Morgan fingerprint density at radius 2 is 0.603 bits per heavy atom. The molecule has 0 atom stereocenters. The summed E-state index contributed by atoms with van der Waals surface area (Å²) in [7, 11) is -3.38. The predicted molar refractivity (Wildman–Crippen MR) is 251 cm³/mol. The van der Waals surface area contributed by atoms with Gasteiger partial charge in [0.25, 0.3) is 0 Å². The van der Waals surface area contributed by atoms with Crippen molar-refractivity contribution in [3.05, 3.63) is 212 Å². The third-order valence-electron chi connectivity index (χ3n) is 12.4. The number of benzene rings is 12. The van der Waals surface area contributed by atoms with Crippen LogP contribution in [0.1, 0.15) is 0 Å². The quantitative estimate of drug-likeness (QED) is 0.0993. The minimum atomic E-state index is -3.38. The van der Waals surface area contributed by atoms with Gasteiger partial charge >= 0.3 is 0 Å². The smallest absolute Gasteiger partial charge is 0.171 e. The first-order valence-electron chi connectivity index (χ1n) is 19.9. The van der Waals surface area contributed by atoms with Gasteiger partial charge in [-0.15, -0.1) is 0 Å². The van der Waals surface area contributed by atoms with Crippen molar-refractivity contribution in [2.75, 3.05) is 0 Å². The highest BCUT2D eigenvalue weighted by atomic mass is 31.2. The fraction of sp³-hybridized carbons (Fsp3) is 0. The van der Waals surface area contributed by atoms with Crippen LogP contribution < -0.4 is 15.9 Å². The highest BCUT2D eigenvalue weighted by Crippen LogP contribution is 2.46. The van der Waals surface area contributed by atoms with Gasteiger partial charge in [-0.1, -0.05) is 170 Å². The zero-order chi connectivity index (χ0) is 38.4. The van der Waals surface area contributed by atoms with Crippen molar-refractivity contribution in [3.8, 4) is 11.1 Å². The largest absolute Gasteiger partial charge is 0.309 e. The Labute approximate surface area is 335 Å². The molecule has 0 fully saturated rings. The summed E-state index contributed by atoms with van der Waals surface area (Å²) in [6.45, 7) is 0. The summed E-state index contributed by atoms with van der Waals surface area (Å²) in [6.07, 6.45) is 0. The molecule has 0 aliphatic carbocycles. The van der Waals surface area contributed by atoms with Crippen LogP contribution >= 0.6 is 7.14 Å². The van der Waals surface area contributed by atoms with Crippen LogP contribution in [0.25, 0.3) is 97.3 Å². The molecular weight excluding hydrogens is 720 g/mol. The topological polar surface area (TPSA) is 17.1 Å². The Morgan fingerprint density at radius 1 is 0.241 bits per heavy atom. The molecule has 0 radical (unpaired) electrons. The van der Waals surface area contributed by atoms with E-state index in [9.17, 15) is 0 Å². The SMILES string of the molecule is O=P(c1ccc(-c2c3ccc4ccccc4c3cc3c2ccc2ccccc23)cc1)(c1ccc2cc3ccccc3cc2c1)c1ccc2cc3ccccc3cc2c1. The van der Waals surface area contributed by atoms with E-state index in [0.29, 0.717) is 0 Å². The van der Waals surface area contributed by atoms with Gasteiger partial charge in [0.2, 0.25) is 0 Å². The van der Waals surface area contributed by atoms with Gasteiger partial charge in [-0.2, -0.15) is 0 Å². The van der Waals surface area contributed by atoms with Crippen molar-refractivity contribution in [1.82, 2.24) is 0 Å². The van der Waals surface area contributed by atoms with Crippen molar-refractivity contribution >= 4 is 109 Å². The van der Waals surface area contributed by atoms with Gasteiger partial charge in [-0.05, 0) is 140 Å². The summed E-state index contributed by atoms with van der Waals surface area (Å²) < 4.78 is 16.4. The molecule has 0 aromatic heterocycles. The maximum absolute atomic E-state index is 16.4. The molecule has 0 saturated carbocycles. The molecular formula is C56H35OP. The van der Waals surface area contributed by atoms with Gasteiger partial charge in [0, 0.05) is 15.9 Å². The second kappa shape index (κ2) is 12.7. The highest BCUT2D eigenvalue weighted by Gasteiger charge is 2.31. The molecule has 12 rings (SSSR count). The summed E-state index contributed by atoms with van der Waals surface area (Å²) >= 11 is 0. The van der Waals surface area contributed by atoms with E-state index in [-0.39, 0.29) is 0 Å². The van der Waals surface area contributed by atoms with E-state index in [1.165, 1.54) is 70.2 Å². The van der Waals surface area contributed by atoms with Crippen LogP contribution in [-0.4, -0.2) is 0 Å². The Kier molecular flexibility index (Phi) is 7.27. The molecule has 0 heterocycles. The van der Waals surface area contributed by atoms with Crippen LogP contribution in [0.3, 0.4) is 0 Å². The molecule has 12 aromatic rings. The van der Waals surface area contributed by atoms with Gasteiger partial charge in [0.05, 0.1) is 0 Å². The molecule has 0 saturated heterocycles. The van der Waals surface area contributed by atoms with Gasteiger partial charge in [0.15, 0.2) is 7.14 Å². The molecule has 0 N–H and O–H groups in total. The van der Waals surface area contributed by atoms with Crippen molar-refractivity contribution in [1.29, 1.82) is 0 Å². The van der Waals surface area contributed by atoms with Gasteiger partial charge < -0.3 is 4.57 Å². The van der Waals surface area contributed by atoms with E-state index in [1.54, 1.807) is 0 Å². The first-order chi connectivity index (χ1) is 28.6. The second-order valence-electron chi connectivity index (χ2n) is 15.6. The Morgan fingerprint density at radius 3 is 1.07 bits per heavy atom. The molecule has 0 bridgehead atoms. The summed E-state index contributed by atoms with van der Waals surface area (Å²) in [5, 5.41) is 21.5. The minimum absolute atomic E-state index is 0.817. The molecule has 0 aliphatic heterocycles. The lowest BCUT2D eigenvalue weighted by molar-refractivity contribution is 0.592. The third-order valence-corrected chi connectivity index (χ3v) is 15.4. The number of fused-ring (bicyclic) bond motifs is 10. The van der Waals surface area contributed by atoms with E-state index in [0.717, 1.165) is 43.0 Å². The molecule has 2 heteroatoms. The lowest BCUT2D eigenvalue weighted by Crippen LogP contribution is -2.25. The standard InChI is InChI=1S/C56H35OP/c57-58(48-25-19-43-29-39-11-1-3-13-41(39)31-45(43)33-48,49-26-20-44-30-40-12-2-4-14-42(40)32-46(44)34-49)47-23-17-38(18-24-47)56-52-27-21-36-9-5-7-15-50(36)54(52)35-55-51-16-8-6-10-37(51)22-28-53(55)56/h1-35H. The molecule has 0 aliphatic rings. The molecule has 12 aromatic carbocycles. The monoisotopic (exact) mass is 754 g/mol. The average molecular weight is 755 g/mol. The third kappa shape index (κ3) is 5.07. The van der Waals surface area contributed by atoms with E-state index >= 15 is 4.57 Å². The molecule has 58 heavy (non-hydrogen) atoms. The fourth-order valence-electron chi connectivity index (χ4n) is 9.47. The Bertz CT molecular complexity index is 3490. The fourth-order valence-corrected chi connectivity index (χ4v) is 12.1. The maximum Gasteiger partial charge on any atom is 0.171 e. The lowest BCUT2D eigenvalue weighted by Gasteiger charge is -2.22. The summed E-state index contributed by atoms with van der Waals surface area (Å²) in [4.78, 5) is 0. The van der Waals surface area contributed by atoms with Crippen LogP contribution in [0, 0.1) is 0 Å². The highest BCUT2D eigenvalue weighted by molar-refractivity contribution is 7.85. The Balaban J connectivity index is 1.09. The van der Waals surface area contributed by atoms with Gasteiger partial charge in [-0.3, -0.25) is 0 Å². The van der Waals surface area contributed by atoms with Crippen molar-refractivity contribution < 1.29 is 4.57 Å². The lowest BCUT2D eigenvalue weighted by atomic mass is 9.88. The number of hydrogen-bond acceptors (Lipinski definition) is 1. The zero-order valence-corrected chi connectivity index (χ0v) is 32.5. The molecule has 270 valence electrons. The van der Waals surface area contributed by atoms with E-state index in [2.05, 4.69) is 212 Å². The number of hydrogen-bond donors (Lipinski definition) is 0. The Hall–Kier alpha value is -7.05. The second-order valence-corrected chi connectivity index (χ2v) is 18.4. The zero-order valence-electron chi connectivity index (χ0n) is 31.6. The molecule has 0 amide bonds. The first-order valence-corrected chi connectivity index (χ1v) is 21.6. The van der Waals surface area contributed by atoms with Gasteiger partial charge in [-0.25, -0.2) is 0 Å². The molecule has 1 nitrogen and oxygen atoms in total. The summed E-state index contributed by atoms with van der Waals surface area (Å²) in [5.74, 6) is 0. The molecule has 0 spiro atoms. The van der Waals surface area contributed by atoms with E-state index in [4.69, 9.17) is 0 Å². The van der Waals surface area contributed by atoms with Gasteiger partial charge in [0.1, 0.15) is 0 Å². The maximum atomic E-state index is 16.4. The van der Waals surface area contributed by atoms with Crippen LogP contribution in [0.5, 0.6) is 0 Å². The normalized spacial score (nSPS) is 12.2. The van der Waals surface area contributed by atoms with Crippen molar-refractivity contribution in [2.45, 2.75) is 0 Å². The van der Waals surface area contributed by atoms with E-state index in [1.807, 2.05) is 0 Å². The minimum Gasteiger partial charge on any atom is -0.309 e. The van der Waals surface area contributed by atoms with Crippen LogP contribution in [-0.2, 0) is 4.57 Å². The van der Waals surface area contributed by atoms with Crippen LogP contribution in [0.15, 0.2) is 212 Å². The number of rotatable bonds is 4. The van der Waals surface area contributed by atoms with Crippen LogP contribution in [0.2, 0.25) is 0 Å². The van der Waals surface area contributed by atoms with Crippen LogP contribution in [0.4, 0.5) is 0 Å². The van der Waals surface area contributed by atoms with Crippen molar-refractivity contribution in [3.63, 3.8) is 0 Å². The summed E-state index contributed by atoms with van der Waals surface area (Å²) in [6, 6.07) is 76.0. The predicted octanol–water partition coefficient (Wildman–Crippen LogP) is 14.2. The van der Waals surface area contributed by atoms with Crippen molar-refractivity contribution in [2.24, 2.45) is 0 Å². The average Bonchev–Trinajstić information content (AvgIpc) is 3.28.